The Morgan fingerprint density at radius 1 is 0.615 bits per heavy atom. The molecule has 80 valence electrons. The lowest BCUT2D eigenvalue weighted by atomic mass is 9.94. The quantitative estimate of drug-likeness (QED) is 0.501. The molecule has 0 saturated carbocycles. The van der Waals surface area contributed by atoms with Crippen molar-refractivity contribution in [2.45, 2.75) is 38.5 Å². The van der Waals surface area contributed by atoms with E-state index in [2.05, 4.69) is 37.9 Å². The van der Waals surface area contributed by atoms with Crippen molar-refractivity contribution in [3.63, 3.8) is 0 Å². The van der Waals surface area contributed by atoms with E-state index in [4.69, 9.17) is 0 Å². The number of hydrogen-bond acceptors (Lipinski definition) is 3. The monoisotopic (exact) mass is 238 g/mol. The topological polar surface area (TPSA) is 0 Å². The fourth-order valence-electron chi connectivity index (χ4n) is 1.57. The van der Waals surface area contributed by atoms with Crippen molar-refractivity contribution >= 4 is 37.9 Å². The second kappa shape index (κ2) is 11.1. The van der Waals surface area contributed by atoms with Crippen molar-refractivity contribution in [1.29, 1.82) is 0 Å². The molecule has 13 heavy (non-hydrogen) atoms. The Labute approximate surface area is 99.5 Å². The highest BCUT2D eigenvalue weighted by Gasteiger charge is 2.06. The predicted octanol–water partition coefficient (Wildman–Crippen LogP) is 3.73. The minimum absolute atomic E-state index is 0.895. The summed E-state index contributed by atoms with van der Waals surface area (Å²) in [5.41, 5.74) is 0. The zero-order chi connectivity index (χ0) is 9.94. The molecule has 0 amide bonds. The van der Waals surface area contributed by atoms with E-state index in [-0.39, 0.29) is 0 Å². The molecule has 0 fully saturated rings. The molecule has 0 aliphatic carbocycles. The zero-order valence-corrected chi connectivity index (χ0v) is 11.0. The van der Waals surface area contributed by atoms with Crippen LogP contribution in [0.25, 0.3) is 0 Å². The Bertz CT molecular complexity index is 77.2. The van der Waals surface area contributed by atoms with Crippen molar-refractivity contribution in [3.8, 4) is 0 Å². The van der Waals surface area contributed by atoms with Crippen LogP contribution in [0.4, 0.5) is 0 Å². The molecule has 0 aromatic carbocycles. The number of rotatable bonds is 9. The second-order valence-electron chi connectivity index (χ2n) is 3.46. The van der Waals surface area contributed by atoms with Gasteiger partial charge in [0.05, 0.1) is 0 Å². The van der Waals surface area contributed by atoms with Crippen LogP contribution < -0.4 is 0 Å². The minimum atomic E-state index is 0.895. The summed E-state index contributed by atoms with van der Waals surface area (Å²) in [5.74, 6) is 3.97. The van der Waals surface area contributed by atoms with E-state index >= 15 is 0 Å². The Morgan fingerprint density at radius 3 is 1.15 bits per heavy atom. The molecule has 0 saturated heterocycles. The van der Waals surface area contributed by atoms with Gasteiger partial charge >= 0.3 is 0 Å². The van der Waals surface area contributed by atoms with E-state index in [1.165, 1.54) is 38.5 Å². The van der Waals surface area contributed by atoms with E-state index in [0.717, 1.165) is 23.2 Å². The maximum Gasteiger partial charge on any atom is -0.00978 e. The van der Waals surface area contributed by atoms with Crippen LogP contribution in [-0.2, 0) is 0 Å². The Kier molecular flexibility index (Phi) is 12.0. The summed E-state index contributed by atoms with van der Waals surface area (Å²) in [6, 6.07) is 0. The van der Waals surface area contributed by atoms with Gasteiger partial charge in [-0.05, 0) is 61.7 Å². The number of hydrogen-bond donors (Lipinski definition) is 3. The van der Waals surface area contributed by atoms with Crippen LogP contribution in [0, 0.1) is 5.92 Å². The minimum Gasteiger partial charge on any atom is -0.179 e. The van der Waals surface area contributed by atoms with Crippen molar-refractivity contribution in [2.75, 3.05) is 17.3 Å². The van der Waals surface area contributed by atoms with Gasteiger partial charge in [-0.2, -0.15) is 37.9 Å². The van der Waals surface area contributed by atoms with Crippen LogP contribution in [-0.4, -0.2) is 17.3 Å². The van der Waals surface area contributed by atoms with Crippen LogP contribution in [0.2, 0.25) is 0 Å². The molecular formula is C10H22S3. The van der Waals surface area contributed by atoms with Crippen molar-refractivity contribution in [3.05, 3.63) is 0 Å². The molecule has 0 aromatic heterocycles. The van der Waals surface area contributed by atoms with E-state index in [9.17, 15) is 0 Å². The molecule has 0 N–H and O–H groups in total. The lowest BCUT2D eigenvalue weighted by molar-refractivity contribution is 0.411. The molecule has 0 spiro atoms. The summed E-state index contributed by atoms with van der Waals surface area (Å²) in [5, 5.41) is 0. The van der Waals surface area contributed by atoms with Crippen LogP contribution in [0.1, 0.15) is 38.5 Å². The molecule has 0 aromatic rings. The Balaban J connectivity index is 3.47. The molecule has 3 heteroatoms. The van der Waals surface area contributed by atoms with Gasteiger partial charge in [0, 0.05) is 0 Å². The molecule has 0 heterocycles. The van der Waals surface area contributed by atoms with Gasteiger partial charge in [-0.3, -0.25) is 0 Å². The van der Waals surface area contributed by atoms with Crippen LogP contribution in [0.3, 0.4) is 0 Å². The fourth-order valence-corrected chi connectivity index (χ4v) is 2.12. The van der Waals surface area contributed by atoms with E-state index in [1.54, 1.807) is 0 Å². The summed E-state index contributed by atoms with van der Waals surface area (Å²) in [4.78, 5) is 0. The van der Waals surface area contributed by atoms with Gasteiger partial charge in [0.25, 0.3) is 0 Å². The predicted molar refractivity (Wildman–Crippen MR) is 72.8 cm³/mol. The fraction of sp³-hybridized carbons (Fsp3) is 1.00. The third kappa shape index (κ3) is 9.36. The van der Waals surface area contributed by atoms with Crippen LogP contribution in [0.5, 0.6) is 0 Å². The maximum atomic E-state index is 4.25. The summed E-state index contributed by atoms with van der Waals surface area (Å²) >= 11 is 12.7. The van der Waals surface area contributed by atoms with Gasteiger partial charge in [0.2, 0.25) is 0 Å². The molecule has 0 rings (SSSR count). The summed E-state index contributed by atoms with van der Waals surface area (Å²) < 4.78 is 0. The van der Waals surface area contributed by atoms with Gasteiger partial charge in [-0.15, -0.1) is 0 Å². The number of thiol groups is 3. The largest absolute Gasteiger partial charge is 0.179 e. The van der Waals surface area contributed by atoms with Gasteiger partial charge < -0.3 is 0 Å². The molecular weight excluding hydrogens is 216 g/mol. The third-order valence-corrected chi connectivity index (χ3v) is 3.26. The molecule has 0 aliphatic heterocycles. The highest BCUT2D eigenvalue weighted by Crippen LogP contribution is 2.20. The van der Waals surface area contributed by atoms with Gasteiger partial charge in [-0.1, -0.05) is 0 Å². The standard InChI is InChI=1S/C10H22S3/c11-7-1-4-10(5-2-8-12)6-3-9-13/h10-13H,1-9H2. The van der Waals surface area contributed by atoms with Crippen LogP contribution in [0.15, 0.2) is 0 Å². The smallest absolute Gasteiger partial charge is 0.00978 e. The lowest BCUT2D eigenvalue weighted by Crippen LogP contribution is -2.02. The summed E-state index contributed by atoms with van der Waals surface area (Å²) in [6.07, 6.45) is 7.79. The molecule has 0 atom stereocenters. The average molecular weight is 238 g/mol. The first-order valence-electron chi connectivity index (χ1n) is 5.17. The molecule has 0 bridgehead atoms. The first-order chi connectivity index (χ1) is 6.35. The van der Waals surface area contributed by atoms with Crippen molar-refractivity contribution < 1.29 is 0 Å². The van der Waals surface area contributed by atoms with Crippen molar-refractivity contribution in [1.82, 2.24) is 0 Å². The van der Waals surface area contributed by atoms with Gasteiger partial charge in [-0.25, -0.2) is 0 Å². The van der Waals surface area contributed by atoms with E-state index in [1.807, 2.05) is 0 Å². The molecule has 0 nitrogen and oxygen atoms in total. The highest BCUT2D eigenvalue weighted by atomic mass is 32.1. The van der Waals surface area contributed by atoms with E-state index in [0.29, 0.717) is 0 Å². The van der Waals surface area contributed by atoms with Gasteiger partial charge in [0.1, 0.15) is 0 Å². The lowest BCUT2D eigenvalue weighted by Gasteiger charge is -2.15. The van der Waals surface area contributed by atoms with Crippen LogP contribution >= 0.6 is 37.9 Å². The summed E-state index contributed by atoms with van der Waals surface area (Å²) in [7, 11) is 0. The van der Waals surface area contributed by atoms with Gasteiger partial charge in [0.15, 0.2) is 0 Å². The van der Waals surface area contributed by atoms with Crippen molar-refractivity contribution in [2.24, 2.45) is 5.92 Å². The summed E-state index contributed by atoms with van der Waals surface area (Å²) in [6.45, 7) is 0. The highest BCUT2D eigenvalue weighted by molar-refractivity contribution is 7.80. The average Bonchev–Trinajstić information content (AvgIpc) is 2.17. The Morgan fingerprint density at radius 2 is 0.923 bits per heavy atom. The SMILES string of the molecule is SCCCC(CCCS)CCCS. The third-order valence-electron chi connectivity index (χ3n) is 2.31. The first kappa shape index (κ1) is 14.1. The Hall–Kier alpha value is 1.05. The second-order valence-corrected chi connectivity index (χ2v) is 4.81. The zero-order valence-electron chi connectivity index (χ0n) is 8.28. The maximum absolute atomic E-state index is 4.25. The molecule has 0 aliphatic rings. The normalized spacial score (nSPS) is 11.1. The molecule has 0 radical (unpaired) electrons. The first-order valence-corrected chi connectivity index (χ1v) is 7.07. The van der Waals surface area contributed by atoms with E-state index < -0.39 is 0 Å². The molecule has 0 unspecified atom stereocenters.